The third kappa shape index (κ3) is 3.36. The van der Waals surface area contributed by atoms with Gasteiger partial charge in [0.25, 0.3) is 0 Å². The Balaban J connectivity index is 1.77. The lowest BCUT2D eigenvalue weighted by molar-refractivity contribution is 0.262. The van der Waals surface area contributed by atoms with E-state index < -0.39 is 10.1 Å². The molecule has 1 atom stereocenters. The summed E-state index contributed by atoms with van der Waals surface area (Å²) in [7, 11) is -4.00. The maximum atomic E-state index is 12.6. The van der Waals surface area contributed by atoms with E-state index in [4.69, 9.17) is 9.02 Å². The first-order chi connectivity index (χ1) is 13.5. The summed E-state index contributed by atoms with van der Waals surface area (Å²) in [4.78, 5) is 0.0755. The zero-order valence-electron chi connectivity index (χ0n) is 15.8. The third-order valence-corrected chi connectivity index (χ3v) is 5.94. The molecule has 0 spiro atoms. The molecule has 1 aliphatic heterocycles. The summed E-state index contributed by atoms with van der Waals surface area (Å²) in [5, 5.41) is 6.09. The molecule has 3 aromatic carbocycles. The minimum absolute atomic E-state index is 0.0755. The van der Waals surface area contributed by atoms with Crippen molar-refractivity contribution in [3.8, 4) is 5.75 Å². The molecular weight excluding hydrogens is 374 g/mol. The maximum absolute atomic E-state index is 12.6. The van der Waals surface area contributed by atoms with Crippen LogP contribution in [0.2, 0.25) is 0 Å². The Kier molecular flexibility index (Phi) is 4.81. The molecule has 0 saturated carbocycles. The highest BCUT2D eigenvalue weighted by Gasteiger charge is 2.33. The Morgan fingerprint density at radius 2 is 1.79 bits per heavy atom. The second-order valence-corrected chi connectivity index (χ2v) is 8.40. The van der Waals surface area contributed by atoms with Gasteiger partial charge in [0, 0.05) is 0 Å². The SMILES string of the molecule is CCCC1Oc2ccc3ccccc3c2/C1=N/OS(=O)(=O)c1ccc(C)cc1. The summed E-state index contributed by atoms with van der Waals surface area (Å²) in [6, 6.07) is 18.3. The number of hydrogen-bond donors (Lipinski definition) is 0. The number of rotatable bonds is 5. The molecule has 4 rings (SSSR count). The first-order valence-corrected chi connectivity index (χ1v) is 10.7. The van der Waals surface area contributed by atoms with Gasteiger partial charge in [0.15, 0.2) is 0 Å². The summed E-state index contributed by atoms with van der Waals surface area (Å²) in [6.07, 6.45) is 1.26. The van der Waals surface area contributed by atoms with E-state index in [0.717, 1.165) is 34.7 Å². The quantitative estimate of drug-likeness (QED) is 0.581. The smallest absolute Gasteiger partial charge is 0.358 e. The average Bonchev–Trinajstić information content (AvgIpc) is 3.05. The van der Waals surface area contributed by atoms with Gasteiger partial charge in [-0.15, -0.1) is 0 Å². The number of nitrogens with zero attached hydrogens (tertiary/aromatic N) is 1. The van der Waals surface area contributed by atoms with Gasteiger partial charge >= 0.3 is 10.1 Å². The number of oxime groups is 1. The molecule has 3 aromatic rings. The monoisotopic (exact) mass is 395 g/mol. The number of aryl methyl sites for hydroxylation is 1. The molecule has 1 heterocycles. The van der Waals surface area contributed by atoms with Crippen LogP contribution in [0.5, 0.6) is 5.75 Å². The number of hydrogen-bond acceptors (Lipinski definition) is 5. The van der Waals surface area contributed by atoms with Gasteiger partial charge in [-0.25, -0.2) is 0 Å². The topological polar surface area (TPSA) is 65.0 Å². The van der Waals surface area contributed by atoms with Crippen LogP contribution in [0.15, 0.2) is 70.7 Å². The highest BCUT2D eigenvalue weighted by molar-refractivity contribution is 7.86. The standard InChI is InChI=1S/C22H21NO4S/c1-3-6-20-22(23-27-28(24,25)17-12-9-15(2)10-13-17)21-18-8-5-4-7-16(18)11-14-19(21)26-20/h4-5,7-14,20H,3,6H2,1-2H3/b23-22+. The van der Waals surface area contributed by atoms with Gasteiger partial charge in [0.2, 0.25) is 0 Å². The van der Waals surface area contributed by atoms with E-state index in [1.54, 1.807) is 12.1 Å². The minimum atomic E-state index is -4.00. The Morgan fingerprint density at radius 3 is 2.54 bits per heavy atom. The number of fused-ring (bicyclic) bond motifs is 3. The lowest BCUT2D eigenvalue weighted by atomic mass is 9.98. The molecule has 1 aliphatic rings. The van der Waals surface area contributed by atoms with Crippen LogP contribution in [0.4, 0.5) is 0 Å². The van der Waals surface area contributed by atoms with Crippen molar-refractivity contribution in [3.05, 3.63) is 71.8 Å². The molecule has 0 fully saturated rings. The molecule has 5 nitrogen and oxygen atoms in total. The summed E-state index contributed by atoms with van der Waals surface area (Å²) < 4.78 is 36.3. The van der Waals surface area contributed by atoms with Crippen LogP contribution in [0.25, 0.3) is 10.8 Å². The van der Waals surface area contributed by atoms with E-state index in [0.29, 0.717) is 11.5 Å². The molecule has 0 bridgehead atoms. The van der Waals surface area contributed by atoms with E-state index in [9.17, 15) is 8.42 Å². The van der Waals surface area contributed by atoms with Crippen LogP contribution >= 0.6 is 0 Å². The Bertz CT molecular complexity index is 1150. The van der Waals surface area contributed by atoms with Crippen LogP contribution in [-0.4, -0.2) is 20.2 Å². The van der Waals surface area contributed by atoms with Gasteiger partial charge in [-0.2, -0.15) is 8.42 Å². The number of benzene rings is 3. The Labute approximate surface area is 164 Å². The Morgan fingerprint density at radius 1 is 1.04 bits per heavy atom. The summed E-state index contributed by atoms with van der Waals surface area (Å²) in [6.45, 7) is 3.94. The van der Waals surface area contributed by atoms with Crippen molar-refractivity contribution in [2.45, 2.75) is 37.7 Å². The minimum Gasteiger partial charge on any atom is -0.483 e. The molecule has 0 saturated heterocycles. The van der Waals surface area contributed by atoms with Crippen molar-refractivity contribution >= 4 is 26.6 Å². The maximum Gasteiger partial charge on any atom is 0.358 e. The van der Waals surface area contributed by atoms with Crippen LogP contribution < -0.4 is 4.74 Å². The molecule has 0 N–H and O–H groups in total. The third-order valence-electron chi connectivity index (χ3n) is 4.82. The predicted octanol–water partition coefficient (Wildman–Crippen LogP) is 4.82. The molecule has 0 amide bonds. The van der Waals surface area contributed by atoms with Gasteiger partial charge in [-0.3, -0.25) is 4.28 Å². The van der Waals surface area contributed by atoms with Crippen molar-refractivity contribution in [3.63, 3.8) is 0 Å². The normalized spacial score (nSPS) is 17.5. The Hall–Kier alpha value is -2.86. The van der Waals surface area contributed by atoms with Gasteiger partial charge in [0.05, 0.1) is 5.56 Å². The molecule has 1 unspecified atom stereocenters. The first kappa shape index (κ1) is 18.5. The van der Waals surface area contributed by atoms with Crippen LogP contribution in [-0.2, 0) is 14.4 Å². The van der Waals surface area contributed by atoms with Crippen LogP contribution in [0.3, 0.4) is 0 Å². The van der Waals surface area contributed by atoms with E-state index in [1.807, 2.05) is 50.2 Å². The zero-order chi connectivity index (χ0) is 19.7. The summed E-state index contributed by atoms with van der Waals surface area (Å²) >= 11 is 0. The molecule has 0 aromatic heterocycles. The van der Waals surface area contributed by atoms with E-state index >= 15 is 0 Å². The summed E-state index contributed by atoms with van der Waals surface area (Å²) in [5.41, 5.74) is 2.29. The largest absolute Gasteiger partial charge is 0.483 e. The molecular formula is C22H21NO4S. The van der Waals surface area contributed by atoms with Gasteiger partial charge in [0.1, 0.15) is 22.5 Å². The second kappa shape index (κ2) is 7.28. The summed E-state index contributed by atoms with van der Waals surface area (Å²) in [5.74, 6) is 0.701. The van der Waals surface area contributed by atoms with Crippen molar-refractivity contribution in [2.24, 2.45) is 5.16 Å². The van der Waals surface area contributed by atoms with Crippen LogP contribution in [0, 0.1) is 6.92 Å². The molecule has 0 radical (unpaired) electrons. The molecule has 0 aliphatic carbocycles. The fourth-order valence-corrected chi connectivity index (χ4v) is 4.12. The first-order valence-electron chi connectivity index (χ1n) is 9.26. The van der Waals surface area contributed by atoms with Gasteiger partial charge in [-0.05, 0) is 42.3 Å². The highest BCUT2D eigenvalue weighted by atomic mass is 32.2. The molecule has 28 heavy (non-hydrogen) atoms. The highest BCUT2D eigenvalue weighted by Crippen LogP contribution is 2.37. The van der Waals surface area contributed by atoms with Crippen molar-refractivity contribution < 1.29 is 17.4 Å². The zero-order valence-corrected chi connectivity index (χ0v) is 16.6. The van der Waals surface area contributed by atoms with Gasteiger partial charge in [-0.1, -0.05) is 66.5 Å². The fraction of sp³-hybridized carbons (Fsp3) is 0.227. The second-order valence-electron chi connectivity index (χ2n) is 6.87. The average molecular weight is 395 g/mol. The van der Waals surface area contributed by atoms with Crippen molar-refractivity contribution in [1.82, 2.24) is 0 Å². The van der Waals surface area contributed by atoms with E-state index in [1.165, 1.54) is 12.1 Å². The molecule has 144 valence electrons. The van der Waals surface area contributed by atoms with E-state index in [2.05, 4.69) is 5.16 Å². The van der Waals surface area contributed by atoms with Gasteiger partial charge < -0.3 is 4.74 Å². The number of ether oxygens (including phenoxy) is 1. The van der Waals surface area contributed by atoms with Crippen LogP contribution in [0.1, 0.15) is 30.9 Å². The molecule has 6 heteroatoms. The van der Waals surface area contributed by atoms with Crippen molar-refractivity contribution in [1.29, 1.82) is 0 Å². The van der Waals surface area contributed by atoms with E-state index in [-0.39, 0.29) is 11.0 Å². The predicted molar refractivity (Wildman–Crippen MR) is 109 cm³/mol. The lowest BCUT2D eigenvalue weighted by Crippen LogP contribution is -2.22. The van der Waals surface area contributed by atoms with Crippen molar-refractivity contribution in [2.75, 3.05) is 0 Å². The lowest BCUT2D eigenvalue weighted by Gasteiger charge is -2.10. The fourth-order valence-electron chi connectivity index (χ4n) is 3.38.